The summed E-state index contributed by atoms with van der Waals surface area (Å²) >= 11 is 0. The van der Waals surface area contributed by atoms with Gasteiger partial charge >= 0.3 is 0 Å². The molecule has 156 valence electrons. The van der Waals surface area contributed by atoms with Gasteiger partial charge in [-0.15, -0.1) is 0 Å². The van der Waals surface area contributed by atoms with E-state index >= 15 is 0 Å². The first kappa shape index (κ1) is 24.1. The fourth-order valence-corrected chi connectivity index (χ4v) is 3.17. The highest BCUT2D eigenvalue weighted by molar-refractivity contribution is 6.46. The van der Waals surface area contributed by atoms with Crippen LogP contribution >= 0.6 is 0 Å². The topological polar surface area (TPSA) is 63.2 Å². The molecule has 1 aliphatic carbocycles. The van der Waals surface area contributed by atoms with Crippen molar-refractivity contribution in [2.75, 3.05) is 0 Å². The maximum Gasteiger partial charge on any atom is 0.227 e. The maximum absolute atomic E-state index is 11.8. The Labute approximate surface area is 170 Å². The molecule has 0 spiro atoms. The summed E-state index contributed by atoms with van der Waals surface area (Å²) in [5.41, 5.74) is 0.405. The molecule has 1 N–H and O–H groups in total. The second kappa shape index (κ2) is 16.0. The Morgan fingerprint density at radius 1 is 0.786 bits per heavy atom. The minimum absolute atomic E-state index is 0.101. The molecule has 1 rings (SSSR count). The smallest absolute Gasteiger partial charge is 0.227 e. The summed E-state index contributed by atoms with van der Waals surface area (Å²) in [6.07, 6.45) is 24.9. The lowest BCUT2D eigenvalue weighted by atomic mass is 10.1. The minimum Gasteiger partial charge on any atom is -0.326 e. The molecule has 0 atom stereocenters. The van der Waals surface area contributed by atoms with Crippen LogP contribution in [0.1, 0.15) is 96.8 Å². The van der Waals surface area contributed by atoms with Crippen molar-refractivity contribution in [3.8, 4) is 0 Å². The summed E-state index contributed by atoms with van der Waals surface area (Å²) in [4.78, 5) is 34.2. The number of unbranched alkanes of at least 4 members (excludes halogenated alkanes) is 11. The summed E-state index contributed by atoms with van der Waals surface area (Å²) in [5.74, 6) is -1.23. The summed E-state index contributed by atoms with van der Waals surface area (Å²) in [5, 5.41) is 2.67. The van der Waals surface area contributed by atoms with Gasteiger partial charge in [0.15, 0.2) is 0 Å². The van der Waals surface area contributed by atoms with Crippen molar-refractivity contribution in [3.63, 3.8) is 0 Å². The van der Waals surface area contributed by atoms with E-state index in [1.807, 2.05) is 0 Å². The van der Waals surface area contributed by atoms with Crippen molar-refractivity contribution >= 4 is 17.5 Å². The quantitative estimate of drug-likeness (QED) is 0.159. The standard InChI is InChI=1S/C24H37NO3/c1-2-3-4-5-6-7-8-9-10-11-12-13-14-15-16-17-24(28)25-21-18-19-22(26)23(27)20-21/h9-10,18-20H,2-8,11-17H2,1H3,(H,25,28)/b10-9-. The van der Waals surface area contributed by atoms with Crippen LogP contribution < -0.4 is 5.32 Å². The largest absolute Gasteiger partial charge is 0.326 e. The number of carbonyl (C=O) groups is 3. The van der Waals surface area contributed by atoms with E-state index in [0.29, 0.717) is 12.1 Å². The third-order valence-electron chi connectivity index (χ3n) is 4.89. The first-order valence-electron chi connectivity index (χ1n) is 11.1. The van der Waals surface area contributed by atoms with Crippen molar-refractivity contribution < 1.29 is 14.4 Å². The van der Waals surface area contributed by atoms with Crippen LogP contribution in [0.3, 0.4) is 0 Å². The summed E-state index contributed by atoms with van der Waals surface area (Å²) in [6.45, 7) is 2.25. The highest BCUT2D eigenvalue weighted by atomic mass is 16.2. The molecule has 1 amide bonds. The molecule has 1 aliphatic rings. The number of amides is 1. The molecule has 4 nitrogen and oxygen atoms in total. The van der Waals surface area contributed by atoms with Crippen molar-refractivity contribution in [2.45, 2.75) is 96.8 Å². The fraction of sp³-hybridized carbons (Fsp3) is 0.625. The molecular formula is C24H37NO3. The van der Waals surface area contributed by atoms with Gasteiger partial charge in [-0.05, 0) is 44.3 Å². The number of nitrogens with one attached hydrogen (secondary N) is 1. The van der Waals surface area contributed by atoms with E-state index in [4.69, 9.17) is 0 Å². The number of hydrogen-bond acceptors (Lipinski definition) is 3. The van der Waals surface area contributed by atoms with Crippen LogP contribution in [0.25, 0.3) is 0 Å². The van der Waals surface area contributed by atoms with E-state index in [-0.39, 0.29) is 5.91 Å². The van der Waals surface area contributed by atoms with Gasteiger partial charge in [-0.3, -0.25) is 14.4 Å². The van der Waals surface area contributed by atoms with Crippen molar-refractivity contribution in [1.82, 2.24) is 5.32 Å². The molecule has 0 aromatic rings. The maximum atomic E-state index is 11.8. The van der Waals surface area contributed by atoms with Gasteiger partial charge in [-0.1, -0.05) is 70.4 Å². The van der Waals surface area contributed by atoms with Crippen LogP contribution in [0.15, 0.2) is 36.1 Å². The fourth-order valence-electron chi connectivity index (χ4n) is 3.17. The summed E-state index contributed by atoms with van der Waals surface area (Å²) in [6, 6.07) is 0. The molecule has 0 aliphatic heterocycles. The van der Waals surface area contributed by atoms with Gasteiger partial charge in [0.1, 0.15) is 0 Å². The SMILES string of the molecule is CCCCCCCC/C=C\CCCCCCCC(=O)NC1=CC(=O)C(=O)C=C1. The molecule has 0 bridgehead atoms. The van der Waals surface area contributed by atoms with Crippen LogP contribution in [0.5, 0.6) is 0 Å². The first-order chi connectivity index (χ1) is 13.6. The van der Waals surface area contributed by atoms with E-state index in [1.54, 1.807) is 0 Å². The molecule has 28 heavy (non-hydrogen) atoms. The van der Waals surface area contributed by atoms with Gasteiger partial charge in [0, 0.05) is 18.2 Å². The monoisotopic (exact) mass is 387 g/mol. The number of allylic oxidation sites excluding steroid dienone is 5. The molecule has 4 heteroatoms. The predicted octanol–water partition coefficient (Wildman–Crippen LogP) is 5.73. The average molecular weight is 388 g/mol. The number of ketones is 2. The number of carbonyl (C=O) groups excluding carboxylic acids is 3. The van der Waals surface area contributed by atoms with Crippen molar-refractivity contribution in [3.05, 3.63) is 36.1 Å². The Morgan fingerprint density at radius 2 is 1.36 bits per heavy atom. The molecule has 0 aromatic heterocycles. The van der Waals surface area contributed by atoms with E-state index in [1.165, 1.54) is 76.0 Å². The summed E-state index contributed by atoms with van der Waals surface area (Å²) in [7, 11) is 0. The lowest BCUT2D eigenvalue weighted by Crippen LogP contribution is -2.25. The Hall–Kier alpha value is -1.97. The first-order valence-corrected chi connectivity index (χ1v) is 11.1. The van der Waals surface area contributed by atoms with E-state index in [9.17, 15) is 14.4 Å². The number of rotatable bonds is 16. The van der Waals surface area contributed by atoms with Gasteiger partial charge in [0.25, 0.3) is 0 Å². The van der Waals surface area contributed by atoms with Gasteiger partial charge < -0.3 is 5.32 Å². The van der Waals surface area contributed by atoms with Crippen LogP contribution in [-0.4, -0.2) is 17.5 Å². The van der Waals surface area contributed by atoms with Crippen molar-refractivity contribution in [2.24, 2.45) is 0 Å². The highest BCUT2D eigenvalue weighted by Gasteiger charge is 2.14. The Kier molecular flexibility index (Phi) is 13.8. The predicted molar refractivity (Wildman–Crippen MR) is 115 cm³/mol. The minimum atomic E-state index is -0.584. The van der Waals surface area contributed by atoms with E-state index in [0.717, 1.165) is 25.7 Å². The molecule has 0 heterocycles. The zero-order valence-corrected chi connectivity index (χ0v) is 17.5. The van der Waals surface area contributed by atoms with Crippen LogP contribution in [0.4, 0.5) is 0 Å². The molecule has 0 fully saturated rings. The normalized spacial score (nSPS) is 14.0. The zero-order chi connectivity index (χ0) is 20.5. The molecular weight excluding hydrogens is 350 g/mol. The third kappa shape index (κ3) is 12.4. The van der Waals surface area contributed by atoms with E-state index < -0.39 is 11.6 Å². The van der Waals surface area contributed by atoms with Crippen LogP contribution in [0, 0.1) is 0 Å². The van der Waals surface area contributed by atoms with Gasteiger partial charge in [-0.25, -0.2) is 0 Å². The molecule has 0 saturated carbocycles. The molecule has 0 radical (unpaired) electrons. The lowest BCUT2D eigenvalue weighted by Gasteiger charge is -2.08. The summed E-state index contributed by atoms with van der Waals surface area (Å²) < 4.78 is 0. The van der Waals surface area contributed by atoms with Crippen LogP contribution in [0.2, 0.25) is 0 Å². The van der Waals surface area contributed by atoms with Crippen LogP contribution in [-0.2, 0) is 14.4 Å². The van der Waals surface area contributed by atoms with Gasteiger partial charge in [0.2, 0.25) is 17.5 Å². The van der Waals surface area contributed by atoms with E-state index in [2.05, 4.69) is 24.4 Å². The highest BCUT2D eigenvalue weighted by Crippen LogP contribution is 2.10. The molecule has 0 unspecified atom stereocenters. The molecule has 0 aromatic carbocycles. The Bertz CT molecular complexity index is 572. The second-order valence-electron chi connectivity index (χ2n) is 7.54. The van der Waals surface area contributed by atoms with Gasteiger partial charge in [-0.2, -0.15) is 0 Å². The second-order valence-corrected chi connectivity index (χ2v) is 7.54. The molecule has 0 saturated heterocycles. The Balaban J connectivity index is 1.90. The third-order valence-corrected chi connectivity index (χ3v) is 4.89. The average Bonchev–Trinajstić information content (AvgIpc) is 2.68. The van der Waals surface area contributed by atoms with Crippen molar-refractivity contribution in [1.29, 1.82) is 0 Å². The lowest BCUT2D eigenvalue weighted by molar-refractivity contribution is -0.131. The van der Waals surface area contributed by atoms with Gasteiger partial charge in [0.05, 0.1) is 0 Å². The number of hydrogen-bond donors (Lipinski definition) is 1. The zero-order valence-electron chi connectivity index (χ0n) is 17.5. The Morgan fingerprint density at radius 3 is 1.96 bits per heavy atom.